The lowest BCUT2D eigenvalue weighted by Gasteiger charge is -2.16. The molecule has 1 heterocycles. The molecule has 24 heavy (non-hydrogen) atoms. The van der Waals surface area contributed by atoms with E-state index in [2.05, 4.69) is 10.2 Å². The Morgan fingerprint density at radius 1 is 1.08 bits per heavy atom. The Bertz CT molecular complexity index is 830. The van der Waals surface area contributed by atoms with Crippen LogP contribution in [-0.4, -0.2) is 35.2 Å². The molecule has 0 aliphatic rings. The zero-order chi connectivity index (χ0) is 16.9. The van der Waals surface area contributed by atoms with Crippen LogP contribution in [0, 0.1) is 0 Å². The van der Waals surface area contributed by atoms with Crippen LogP contribution < -0.4 is 4.74 Å². The van der Waals surface area contributed by atoms with Gasteiger partial charge in [-0.25, -0.2) is 0 Å². The van der Waals surface area contributed by atoms with Crippen molar-refractivity contribution < 1.29 is 13.9 Å². The third-order valence-corrected chi connectivity index (χ3v) is 3.54. The van der Waals surface area contributed by atoms with Gasteiger partial charge in [0.15, 0.2) is 0 Å². The number of carbonyl (C=O) groups is 1. The Morgan fingerprint density at radius 2 is 1.79 bits per heavy atom. The van der Waals surface area contributed by atoms with Crippen LogP contribution in [0.25, 0.3) is 11.5 Å². The minimum Gasteiger partial charge on any atom is -0.496 e. The Morgan fingerprint density at radius 3 is 2.54 bits per heavy atom. The van der Waals surface area contributed by atoms with Crippen LogP contribution in [0.4, 0.5) is 0 Å². The zero-order valence-corrected chi connectivity index (χ0v) is 13.5. The number of hydrogen-bond donors (Lipinski definition) is 0. The van der Waals surface area contributed by atoms with Crippen LogP contribution in [0.15, 0.2) is 59.0 Å². The molecule has 0 unspecified atom stereocenters. The first-order valence-corrected chi connectivity index (χ1v) is 7.45. The van der Waals surface area contributed by atoms with Crippen molar-refractivity contribution in [1.82, 2.24) is 15.1 Å². The van der Waals surface area contributed by atoms with E-state index in [4.69, 9.17) is 9.15 Å². The van der Waals surface area contributed by atoms with E-state index in [9.17, 15) is 4.79 Å². The second kappa shape index (κ2) is 6.95. The summed E-state index contributed by atoms with van der Waals surface area (Å²) in [6, 6.07) is 16.6. The van der Waals surface area contributed by atoms with Gasteiger partial charge in [-0.3, -0.25) is 4.79 Å². The van der Waals surface area contributed by atoms with Gasteiger partial charge >= 0.3 is 0 Å². The van der Waals surface area contributed by atoms with Gasteiger partial charge in [-0.2, -0.15) is 0 Å². The van der Waals surface area contributed by atoms with E-state index in [0.29, 0.717) is 23.1 Å². The molecule has 0 saturated carbocycles. The maximum atomic E-state index is 12.6. The summed E-state index contributed by atoms with van der Waals surface area (Å²) >= 11 is 0. The third kappa shape index (κ3) is 3.27. The van der Waals surface area contributed by atoms with Gasteiger partial charge in [0.1, 0.15) is 5.75 Å². The highest BCUT2D eigenvalue weighted by Gasteiger charge is 2.18. The predicted molar refractivity (Wildman–Crippen MR) is 88.5 cm³/mol. The molecule has 0 saturated heterocycles. The largest absolute Gasteiger partial charge is 0.496 e. The van der Waals surface area contributed by atoms with Gasteiger partial charge in [-0.1, -0.05) is 30.3 Å². The van der Waals surface area contributed by atoms with Gasteiger partial charge in [0.25, 0.3) is 5.91 Å². The van der Waals surface area contributed by atoms with Crippen LogP contribution >= 0.6 is 0 Å². The van der Waals surface area contributed by atoms with Crippen molar-refractivity contribution >= 4 is 5.91 Å². The van der Waals surface area contributed by atoms with Gasteiger partial charge in [0.05, 0.1) is 19.2 Å². The van der Waals surface area contributed by atoms with Crippen LogP contribution in [-0.2, 0) is 6.54 Å². The fourth-order valence-corrected chi connectivity index (χ4v) is 2.32. The molecule has 3 rings (SSSR count). The Labute approximate surface area is 139 Å². The quantitative estimate of drug-likeness (QED) is 0.722. The average Bonchev–Trinajstić information content (AvgIpc) is 3.10. The number of carbonyl (C=O) groups excluding carboxylic acids is 1. The number of para-hydroxylation sites is 1. The fourth-order valence-electron chi connectivity index (χ4n) is 2.32. The van der Waals surface area contributed by atoms with E-state index < -0.39 is 0 Å². The molecule has 6 nitrogen and oxygen atoms in total. The molecule has 1 aromatic heterocycles. The minimum atomic E-state index is -0.174. The van der Waals surface area contributed by atoms with Crippen LogP contribution in [0.3, 0.4) is 0 Å². The molecule has 3 aromatic rings. The summed E-state index contributed by atoms with van der Waals surface area (Å²) in [4.78, 5) is 14.1. The topological polar surface area (TPSA) is 68.5 Å². The molecule has 0 bridgehead atoms. The van der Waals surface area contributed by atoms with Crippen LogP contribution in [0.2, 0.25) is 0 Å². The van der Waals surface area contributed by atoms with Crippen molar-refractivity contribution in [2.24, 2.45) is 0 Å². The average molecular weight is 323 g/mol. The van der Waals surface area contributed by atoms with Gasteiger partial charge in [0.2, 0.25) is 11.8 Å². The maximum absolute atomic E-state index is 12.6. The fraction of sp³-hybridized carbons (Fsp3) is 0.167. The first kappa shape index (κ1) is 15.7. The molecule has 0 atom stereocenters. The number of ether oxygens (including phenoxy) is 1. The van der Waals surface area contributed by atoms with Gasteiger partial charge in [-0.05, 0) is 24.3 Å². The summed E-state index contributed by atoms with van der Waals surface area (Å²) in [6.07, 6.45) is 0. The molecule has 0 aliphatic carbocycles. The minimum absolute atomic E-state index is 0.174. The molecular weight excluding hydrogens is 306 g/mol. The number of rotatable bonds is 5. The monoisotopic (exact) mass is 323 g/mol. The molecule has 6 heteroatoms. The SMILES string of the molecule is COc1ccccc1C(=O)N(C)Cc1nnc(-c2ccccc2)o1. The standard InChI is InChI=1S/C18H17N3O3/c1-21(18(22)14-10-6-7-11-15(14)23-2)12-16-19-20-17(24-16)13-8-4-3-5-9-13/h3-11H,12H2,1-2H3. The molecule has 0 spiro atoms. The van der Waals surface area contributed by atoms with Crippen LogP contribution in [0.1, 0.15) is 16.2 Å². The number of methoxy groups -OCH3 is 1. The smallest absolute Gasteiger partial charge is 0.257 e. The molecule has 0 aliphatic heterocycles. The van der Waals surface area contributed by atoms with Gasteiger partial charge in [-0.15, -0.1) is 10.2 Å². The summed E-state index contributed by atoms with van der Waals surface area (Å²) in [5, 5.41) is 8.04. The van der Waals surface area contributed by atoms with E-state index in [1.807, 2.05) is 36.4 Å². The van der Waals surface area contributed by atoms with Crippen molar-refractivity contribution in [3.05, 3.63) is 66.1 Å². The van der Waals surface area contributed by atoms with Crippen molar-refractivity contribution in [3.63, 3.8) is 0 Å². The van der Waals surface area contributed by atoms with E-state index >= 15 is 0 Å². The summed E-state index contributed by atoms with van der Waals surface area (Å²) < 4.78 is 10.9. The van der Waals surface area contributed by atoms with E-state index in [1.54, 1.807) is 25.2 Å². The number of hydrogen-bond acceptors (Lipinski definition) is 5. The van der Waals surface area contributed by atoms with E-state index in [1.165, 1.54) is 12.0 Å². The highest BCUT2D eigenvalue weighted by atomic mass is 16.5. The summed E-state index contributed by atoms with van der Waals surface area (Å²) in [7, 11) is 3.22. The van der Waals surface area contributed by atoms with Crippen molar-refractivity contribution in [3.8, 4) is 17.2 Å². The first-order valence-electron chi connectivity index (χ1n) is 7.45. The molecule has 0 fully saturated rings. The van der Waals surface area contributed by atoms with Crippen molar-refractivity contribution in [1.29, 1.82) is 0 Å². The maximum Gasteiger partial charge on any atom is 0.257 e. The molecule has 122 valence electrons. The number of amides is 1. The zero-order valence-electron chi connectivity index (χ0n) is 13.5. The molecule has 0 radical (unpaired) electrons. The Balaban J connectivity index is 1.74. The molecule has 1 amide bonds. The lowest BCUT2D eigenvalue weighted by Crippen LogP contribution is -2.26. The predicted octanol–water partition coefficient (Wildman–Crippen LogP) is 3.02. The number of nitrogens with zero attached hydrogens (tertiary/aromatic N) is 3. The van der Waals surface area contributed by atoms with E-state index in [0.717, 1.165) is 5.56 Å². The van der Waals surface area contributed by atoms with E-state index in [-0.39, 0.29) is 12.5 Å². The molecule has 2 aromatic carbocycles. The summed E-state index contributed by atoms with van der Waals surface area (Å²) in [5.41, 5.74) is 1.33. The van der Waals surface area contributed by atoms with Gasteiger partial charge < -0.3 is 14.1 Å². The van der Waals surface area contributed by atoms with Crippen molar-refractivity contribution in [2.75, 3.05) is 14.2 Å². The Hall–Kier alpha value is -3.15. The second-order valence-corrected chi connectivity index (χ2v) is 5.23. The first-order chi connectivity index (χ1) is 11.7. The highest BCUT2D eigenvalue weighted by molar-refractivity contribution is 5.96. The normalized spacial score (nSPS) is 10.4. The Kier molecular flexibility index (Phi) is 4.56. The lowest BCUT2D eigenvalue weighted by molar-refractivity contribution is 0.0769. The third-order valence-electron chi connectivity index (χ3n) is 3.54. The van der Waals surface area contributed by atoms with Gasteiger partial charge in [0, 0.05) is 12.6 Å². The molecule has 0 N–H and O–H groups in total. The molecular formula is C18H17N3O3. The highest BCUT2D eigenvalue weighted by Crippen LogP contribution is 2.21. The second-order valence-electron chi connectivity index (χ2n) is 5.23. The lowest BCUT2D eigenvalue weighted by atomic mass is 10.2. The number of aromatic nitrogens is 2. The number of benzene rings is 2. The van der Waals surface area contributed by atoms with Crippen LogP contribution in [0.5, 0.6) is 5.75 Å². The summed E-state index contributed by atoms with van der Waals surface area (Å²) in [6.45, 7) is 0.219. The van der Waals surface area contributed by atoms with Crippen molar-refractivity contribution in [2.45, 2.75) is 6.54 Å². The summed E-state index contributed by atoms with van der Waals surface area (Å²) in [5.74, 6) is 1.17.